The third-order valence-corrected chi connectivity index (χ3v) is 16.9. The molecule has 1 atom stereocenters. The molecule has 68 heavy (non-hydrogen) atoms. The average Bonchev–Trinajstić information content (AvgIpc) is 4.21. The molecule has 0 bridgehead atoms. The smallest absolute Gasteiger partial charge is 0.159 e. The van der Waals surface area contributed by atoms with Gasteiger partial charge >= 0.3 is 0 Å². The highest BCUT2D eigenvalue weighted by atomic mass is 32.1. The first kappa shape index (κ1) is 37.9. The summed E-state index contributed by atoms with van der Waals surface area (Å²) in [7, 11) is 0. The Morgan fingerprint density at radius 2 is 0.941 bits per heavy atom. The summed E-state index contributed by atoms with van der Waals surface area (Å²) in [4.78, 5) is 6.27. The maximum atomic E-state index is 6.89. The summed E-state index contributed by atoms with van der Waals surface area (Å²) in [6, 6.07) is 84.9. The van der Waals surface area contributed by atoms with E-state index >= 15 is 0 Å². The molecule has 13 aromatic rings. The van der Waals surface area contributed by atoms with E-state index in [1.165, 1.54) is 79.8 Å². The molecule has 0 aliphatic heterocycles. The minimum atomic E-state index is -0.691. The van der Waals surface area contributed by atoms with E-state index in [9.17, 15) is 0 Å². The lowest BCUT2D eigenvalue weighted by Gasteiger charge is -2.36. The highest BCUT2D eigenvalue weighted by Crippen LogP contribution is 2.69. The number of furan rings is 1. The molecule has 3 heterocycles. The Morgan fingerprint density at radius 3 is 1.76 bits per heavy atom. The first-order chi connectivity index (χ1) is 33.8. The number of thiophene rings is 2. The van der Waals surface area contributed by atoms with Crippen LogP contribution in [0.1, 0.15) is 22.3 Å². The number of hydrogen-bond donors (Lipinski definition) is 0. The molecule has 5 heteroatoms. The third kappa shape index (κ3) is 5.12. The number of nitrogens with zero attached hydrogens (tertiary/aromatic N) is 2. The van der Waals surface area contributed by atoms with Gasteiger partial charge in [0.1, 0.15) is 5.58 Å². The summed E-state index contributed by atoms with van der Waals surface area (Å²) in [6.07, 6.45) is 0. The van der Waals surface area contributed by atoms with Gasteiger partial charge in [0.2, 0.25) is 0 Å². The van der Waals surface area contributed by atoms with Gasteiger partial charge in [-0.25, -0.2) is 0 Å². The Morgan fingerprint density at radius 1 is 0.353 bits per heavy atom. The van der Waals surface area contributed by atoms with Crippen LogP contribution < -0.4 is 9.80 Å². The number of para-hydroxylation sites is 4. The highest BCUT2D eigenvalue weighted by molar-refractivity contribution is 7.26. The Balaban J connectivity index is 1.06. The minimum Gasteiger partial charge on any atom is -0.454 e. The molecule has 10 aromatic carbocycles. The SMILES string of the molecule is c1ccc(N(c2cccc3c2C2(c4ccccc4-c4ccc(N(c5ccccc5)c5cccc6c5sc5ccccc56)cc42)c2c-3sc3ccccc23)c2cccc3c2oc2ccccc23)cc1. The zero-order valence-corrected chi connectivity index (χ0v) is 38.2. The first-order valence-electron chi connectivity index (χ1n) is 23.2. The quantitative estimate of drug-likeness (QED) is 0.166. The third-order valence-electron chi connectivity index (χ3n) is 14.4. The lowest BCUT2D eigenvalue weighted by atomic mass is 9.69. The second-order valence-electron chi connectivity index (χ2n) is 17.9. The van der Waals surface area contributed by atoms with Gasteiger partial charge in [-0.1, -0.05) is 158 Å². The lowest BCUT2D eigenvalue weighted by molar-refractivity contribution is 0.669. The van der Waals surface area contributed by atoms with Crippen LogP contribution in [0.25, 0.3) is 73.8 Å². The van der Waals surface area contributed by atoms with Gasteiger partial charge in [0, 0.05) is 58.4 Å². The van der Waals surface area contributed by atoms with E-state index in [-0.39, 0.29) is 0 Å². The number of benzene rings is 10. The van der Waals surface area contributed by atoms with Crippen molar-refractivity contribution in [2.24, 2.45) is 0 Å². The lowest BCUT2D eigenvalue weighted by Crippen LogP contribution is -2.28. The van der Waals surface area contributed by atoms with Crippen molar-refractivity contribution in [2.45, 2.75) is 5.41 Å². The number of fused-ring (bicyclic) bond motifs is 18. The summed E-state index contributed by atoms with van der Waals surface area (Å²) in [5, 5.41) is 6.07. The molecule has 0 amide bonds. The zero-order chi connectivity index (χ0) is 44.5. The Kier molecular flexibility index (Phi) is 8.03. The second-order valence-corrected chi connectivity index (χ2v) is 20.0. The molecular weight excluding hydrogens is 865 g/mol. The normalized spacial score (nSPS) is 14.5. The number of rotatable bonds is 6. The van der Waals surface area contributed by atoms with Gasteiger partial charge in [-0.05, 0) is 112 Å². The molecule has 1 spiro atoms. The van der Waals surface area contributed by atoms with Crippen molar-refractivity contribution < 1.29 is 4.42 Å². The van der Waals surface area contributed by atoms with Gasteiger partial charge in [0.15, 0.2) is 5.58 Å². The molecule has 2 aliphatic carbocycles. The second kappa shape index (κ2) is 14.4. The topological polar surface area (TPSA) is 19.6 Å². The molecule has 0 fully saturated rings. The predicted octanol–water partition coefficient (Wildman–Crippen LogP) is 18.5. The van der Waals surface area contributed by atoms with Gasteiger partial charge in [-0.2, -0.15) is 0 Å². The fourth-order valence-electron chi connectivity index (χ4n) is 11.8. The first-order valence-corrected chi connectivity index (χ1v) is 24.8. The van der Waals surface area contributed by atoms with E-state index in [1.807, 2.05) is 22.7 Å². The van der Waals surface area contributed by atoms with Crippen molar-refractivity contribution in [1.82, 2.24) is 0 Å². The van der Waals surface area contributed by atoms with Crippen LogP contribution in [-0.4, -0.2) is 0 Å². The van der Waals surface area contributed by atoms with Gasteiger partial charge in [-0.3, -0.25) is 0 Å². The van der Waals surface area contributed by atoms with E-state index in [0.717, 1.165) is 50.4 Å². The van der Waals surface area contributed by atoms with Crippen molar-refractivity contribution >= 4 is 109 Å². The Labute approximate surface area is 400 Å². The molecule has 0 N–H and O–H groups in total. The predicted molar refractivity (Wildman–Crippen MR) is 288 cm³/mol. The largest absolute Gasteiger partial charge is 0.454 e. The zero-order valence-electron chi connectivity index (χ0n) is 36.6. The van der Waals surface area contributed by atoms with E-state index in [4.69, 9.17) is 4.42 Å². The molecule has 2 aliphatic rings. The van der Waals surface area contributed by atoms with Crippen LogP contribution >= 0.6 is 22.7 Å². The Hall–Kier alpha value is -8.22. The van der Waals surface area contributed by atoms with Gasteiger partial charge in [0.05, 0.1) is 27.2 Å². The van der Waals surface area contributed by atoms with Crippen LogP contribution in [0.3, 0.4) is 0 Å². The molecule has 3 aromatic heterocycles. The molecule has 0 radical (unpaired) electrons. The van der Waals surface area contributed by atoms with Gasteiger partial charge in [-0.15, -0.1) is 22.7 Å². The van der Waals surface area contributed by atoms with E-state index < -0.39 is 5.41 Å². The molecule has 0 saturated carbocycles. The van der Waals surface area contributed by atoms with Gasteiger partial charge < -0.3 is 14.2 Å². The highest BCUT2D eigenvalue weighted by Gasteiger charge is 2.55. The summed E-state index contributed by atoms with van der Waals surface area (Å²) in [5.74, 6) is 0. The summed E-state index contributed by atoms with van der Waals surface area (Å²) in [6.45, 7) is 0. The van der Waals surface area contributed by atoms with E-state index in [0.29, 0.717) is 0 Å². The van der Waals surface area contributed by atoms with Crippen molar-refractivity contribution in [3.63, 3.8) is 0 Å². The minimum absolute atomic E-state index is 0.691. The molecule has 1 unspecified atom stereocenters. The molecule has 15 rings (SSSR count). The van der Waals surface area contributed by atoms with Crippen LogP contribution in [0.4, 0.5) is 34.1 Å². The molecular formula is C63H38N2OS2. The number of anilines is 6. The summed E-state index contributed by atoms with van der Waals surface area (Å²) < 4.78 is 10.8. The van der Waals surface area contributed by atoms with Crippen LogP contribution in [0.5, 0.6) is 0 Å². The van der Waals surface area contributed by atoms with Crippen LogP contribution in [0, 0.1) is 0 Å². The monoisotopic (exact) mass is 902 g/mol. The van der Waals surface area contributed by atoms with Crippen LogP contribution in [-0.2, 0) is 5.41 Å². The van der Waals surface area contributed by atoms with E-state index in [1.54, 1.807) is 0 Å². The fourth-order valence-corrected chi connectivity index (χ4v) is 14.3. The van der Waals surface area contributed by atoms with E-state index in [2.05, 4.69) is 240 Å². The van der Waals surface area contributed by atoms with Crippen molar-refractivity contribution in [3.05, 3.63) is 253 Å². The molecule has 0 saturated heterocycles. The molecule has 3 nitrogen and oxygen atoms in total. The average molecular weight is 903 g/mol. The maximum Gasteiger partial charge on any atom is 0.159 e. The van der Waals surface area contributed by atoms with Crippen LogP contribution in [0.2, 0.25) is 0 Å². The number of hydrogen-bond acceptors (Lipinski definition) is 5. The standard InChI is InChI=1S/C63H38N2OS2/c1-3-18-39(19-4-1)64(54-32-16-27-47-45-24-9-13-34-56(45)67-61(47)54)41-36-37-43-42-22-7-11-29-50(42)63(51(43)38-41)58-49(62-59(63)48-25-10-14-35-57(48)68-62)28-17-30-52(58)65(40-20-5-2-6-21-40)53-31-15-26-46-44-23-8-12-33-55(44)66-60(46)53/h1-38H. The maximum absolute atomic E-state index is 6.89. The Bertz CT molecular complexity index is 4180. The summed E-state index contributed by atoms with van der Waals surface area (Å²) >= 11 is 3.79. The molecule has 318 valence electrons. The van der Waals surface area contributed by atoms with Gasteiger partial charge in [0.25, 0.3) is 0 Å². The fraction of sp³-hybridized carbons (Fsp3) is 0.0159. The van der Waals surface area contributed by atoms with Crippen molar-refractivity contribution in [2.75, 3.05) is 9.80 Å². The van der Waals surface area contributed by atoms with Crippen molar-refractivity contribution in [3.8, 4) is 21.6 Å². The summed E-state index contributed by atoms with van der Waals surface area (Å²) in [5.41, 5.74) is 16.7. The van der Waals surface area contributed by atoms with Crippen molar-refractivity contribution in [1.29, 1.82) is 0 Å². The van der Waals surface area contributed by atoms with Crippen LogP contribution in [0.15, 0.2) is 235 Å².